The molecule has 0 saturated heterocycles. The van der Waals surface area contributed by atoms with Gasteiger partial charge in [-0.1, -0.05) is 32.5 Å². The zero-order valence-corrected chi connectivity index (χ0v) is 17.1. The van der Waals surface area contributed by atoms with Crippen molar-refractivity contribution in [1.29, 1.82) is 5.26 Å². The van der Waals surface area contributed by atoms with Gasteiger partial charge in [-0.25, -0.2) is 0 Å². The van der Waals surface area contributed by atoms with Crippen molar-refractivity contribution in [3.63, 3.8) is 0 Å². The summed E-state index contributed by atoms with van der Waals surface area (Å²) in [5, 5.41) is 9.26. The molecular weight excluding hydrogens is 518 g/mol. The Bertz CT molecular complexity index is 959. The van der Waals surface area contributed by atoms with E-state index in [2.05, 4.69) is 27.5 Å². The van der Waals surface area contributed by atoms with E-state index in [1.165, 1.54) is 0 Å². The van der Waals surface area contributed by atoms with Gasteiger partial charge in [0.15, 0.2) is 0 Å². The number of nitriles is 1. The maximum absolute atomic E-state index is 9.26. The van der Waals surface area contributed by atoms with Crippen LogP contribution in [0.3, 0.4) is 0 Å². The molecule has 0 fully saturated rings. The number of nitrogens with zero attached hydrogens (tertiary/aromatic N) is 8. The first-order valence-corrected chi connectivity index (χ1v) is 7.42. The van der Waals surface area contributed by atoms with Crippen molar-refractivity contribution >= 4 is 18.1 Å². The summed E-state index contributed by atoms with van der Waals surface area (Å²) in [5.74, 6) is 0.983. The number of rotatable bonds is 3. The summed E-state index contributed by atoms with van der Waals surface area (Å²) in [7, 11) is 3.49. The van der Waals surface area contributed by atoms with Crippen LogP contribution in [-0.4, -0.2) is 30.6 Å². The normalized spacial score (nSPS) is 16.1. The summed E-state index contributed by atoms with van der Waals surface area (Å²) < 4.78 is 0. The van der Waals surface area contributed by atoms with Crippen LogP contribution >= 0.6 is 0 Å². The van der Waals surface area contributed by atoms with Crippen molar-refractivity contribution in [3.05, 3.63) is 83.6 Å². The quantitative estimate of drug-likeness (QED) is 0.444. The van der Waals surface area contributed by atoms with Gasteiger partial charge in [0.2, 0.25) is 11.6 Å². The van der Waals surface area contributed by atoms with E-state index in [0.717, 1.165) is 0 Å². The van der Waals surface area contributed by atoms with Crippen LogP contribution in [0.2, 0.25) is 0 Å². The summed E-state index contributed by atoms with van der Waals surface area (Å²) in [5.41, 5.74) is 1.47. The van der Waals surface area contributed by atoms with Gasteiger partial charge in [0.1, 0.15) is 17.6 Å². The van der Waals surface area contributed by atoms with Crippen LogP contribution in [0.1, 0.15) is 0 Å². The molecule has 9 heteroatoms. The van der Waals surface area contributed by atoms with Crippen LogP contribution in [0.4, 0.5) is 11.4 Å². The molecule has 0 saturated carbocycles. The van der Waals surface area contributed by atoms with Gasteiger partial charge in [-0.3, -0.25) is 4.99 Å². The molecule has 1 aromatic carbocycles. The smallest absolute Gasteiger partial charge is 0.240 e. The van der Waals surface area contributed by atoms with Crippen molar-refractivity contribution in [1.82, 2.24) is 9.80 Å². The number of aliphatic imine (C=N–C) groups is 1. The number of allylic oxidation sites excluding steroid dienone is 1. The van der Waals surface area contributed by atoms with E-state index in [9.17, 15) is 5.26 Å². The van der Waals surface area contributed by atoms with E-state index in [-0.39, 0.29) is 31.3 Å². The van der Waals surface area contributed by atoms with Crippen molar-refractivity contribution in [2.24, 2.45) is 4.99 Å². The fraction of sp³-hybridized carbons (Fsp3) is 0.111. The molecule has 0 aliphatic carbocycles. The molecule has 0 N–H and O–H groups in total. The molecule has 3 rings (SSSR count). The SMILES string of the molecule is [C-]#[N+]C1=C(C#N)N(C)[CH-]N1c1[c-]c(N2[CH-]N(C)C(N=C)=C2[N+]#[C-])ccc1.[Os]. The molecular formula is C18H13N8Os-3. The first-order valence-electron chi connectivity index (χ1n) is 7.42. The Balaban J connectivity index is 0.00000261. The number of anilines is 2. The summed E-state index contributed by atoms with van der Waals surface area (Å²) >= 11 is 0. The van der Waals surface area contributed by atoms with Crippen molar-refractivity contribution in [2.45, 2.75) is 0 Å². The van der Waals surface area contributed by atoms with Crippen LogP contribution in [0, 0.1) is 43.9 Å². The van der Waals surface area contributed by atoms with E-state index in [1.54, 1.807) is 65.2 Å². The van der Waals surface area contributed by atoms with Gasteiger partial charge in [0.25, 0.3) is 0 Å². The van der Waals surface area contributed by atoms with Crippen LogP contribution in [0.5, 0.6) is 0 Å². The number of hydrogen-bond donors (Lipinski definition) is 0. The Kier molecular flexibility index (Phi) is 5.87. The summed E-state index contributed by atoms with van der Waals surface area (Å²) in [6.45, 7) is 21.7. The van der Waals surface area contributed by atoms with Gasteiger partial charge >= 0.3 is 0 Å². The van der Waals surface area contributed by atoms with Gasteiger partial charge in [0.05, 0.1) is 0 Å². The summed E-state index contributed by atoms with van der Waals surface area (Å²) in [6.07, 6.45) is 0. The van der Waals surface area contributed by atoms with Crippen molar-refractivity contribution in [3.8, 4) is 6.07 Å². The van der Waals surface area contributed by atoms with E-state index in [0.29, 0.717) is 23.0 Å². The zero-order valence-electron chi connectivity index (χ0n) is 14.5. The summed E-state index contributed by atoms with van der Waals surface area (Å²) in [4.78, 5) is 17.5. The van der Waals surface area contributed by atoms with Gasteiger partial charge in [-0.15, -0.1) is 12.1 Å². The molecule has 0 aromatic heterocycles. The minimum Gasteiger partial charge on any atom is -0.485 e. The molecule has 2 aliphatic heterocycles. The maximum Gasteiger partial charge on any atom is 0.240 e. The maximum atomic E-state index is 9.26. The van der Waals surface area contributed by atoms with Gasteiger partial charge in [0, 0.05) is 19.8 Å². The van der Waals surface area contributed by atoms with Crippen LogP contribution in [0.15, 0.2) is 46.4 Å². The van der Waals surface area contributed by atoms with Gasteiger partial charge < -0.3 is 29.3 Å². The fourth-order valence-corrected chi connectivity index (χ4v) is 2.71. The third-order valence-electron chi connectivity index (χ3n) is 3.88. The standard InChI is InChI=1S/C18H13N8.Os/c1-20-16-15(10-19)23(4)11-25(16)13-7-6-8-14(9-13)26-12-24(5)17(21-2)18(26)22-3;/h6-8,11-12H,2H2,4-5H3;/q-3;. The van der Waals surface area contributed by atoms with E-state index >= 15 is 0 Å². The second-order valence-corrected chi connectivity index (χ2v) is 5.43. The first kappa shape index (κ1) is 20.0. The fourth-order valence-electron chi connectivity index (χ4n) is 2.71. The molecule has 27 heavy (non-hydrogen) atoms. The van der Waals surface area contributed by atoms with E-state index in [4.69, 9.17) is 13.1 Å². The Morgan fingerprint density at radius 3 is 2.19 bits per heavy atom. The van der Waals surface area contributed by atoms with Crippen molar-refractivity contribution < 1.29 is 19.8 Å². The Hall–Kier alpha value is -3.32. The topological polar surface area (TPSA) is 57.8 Å². The predicted octanol–water partition coefficient (Wildman–Crippen LogP) is 2.58. The molecule has 0 bridgehead atoms. The predicted molar refractivity (Wildman–Crippen MR) is 96.8 cm³/mol. The Labute approximate surface area is 171 Å². The molecule has 2 heterocycles. The van der Waals surface area contributed by atoms with Gasteiger partial charge in [-0.2, -0.15) is 11.3 Å². The average molecular weight is 532 g/mol. The first-order chi connectivity index (χ1) is 12.5. The minimum atomic E-state index is 0. The molecule has 0 radical (unpaired) electrons. The van der Waals surface area contributed by atoms with Gasteiger partial charge in [-0.05, 0) is 32.2 Å². The third-order valence-corrected chi connectivity index (χ3v) is 3.88. The van der Waals surface area contributed by atoms with Crippen LogP contribution in [-0.2, 0) is 19.8 Å². The Morgan fingerprint density at radius 2 is 1.67 bits per heavy atom. The number of benzene rings is 1. The molecule has 0 amide bonds. The molecule has 0 unspecified atom stereocenters. The molecule has 8 nitrogen and oxygen atoms in total. The zero-order chi connectivity index (χ0) is 18.8. The van der Waals surface area contributed by atoms with Crippen LogP contribution in [0.25, 0.3) is 9.69 Å². The molecule has 0 spiro atoms. The third kappa shape index (κ3) is 3.24. The Morgan fingerprint density at radius 1 is 1.11 bits per heavy atom. The largest absolute Gasteiger partial charge is 0.485 e. The molecule has 136 valence electrons. The molecule has 2 aliphatic rings. The van der Waals surface area contributed by atoms with E-state index in [1.807, 2.05) is 6.07 Å². The monoisotopic (exact) mass is 533 g/mol. The summed E-state index contributed by atoms with van der Waals surface area (Å²) in [6, 6.07) is 10.6. The van der Waals surface area contributed by atoms with Crippen molar-refractivity contribution in [2.75, 3.05) is 23.9 Å². The van der Waals surface area contributed by atoms with Crippen LogP contribution < -0.4 is 9.80 Å². The molecule has 1 aromatic rings. The second-order valence-electron chi connectivity index (χ2n) is 5.43. The number of hydrogen-bond acceptors (Lipinski definition) is 6. The molecule has 0 atom stereocenters. The minimum absolute atomic E-state index is 0. The van der Waals surface area contributed by atoms with E-state index < -0.39 is 0 Å². The second kappa shape index (κ2) is 7.92. The average Bonchev–Trinajstić information content (AvgIpc) is 3.17.